The summed E-state index contributed by atoms with van der Waals surface area (Å²) in [5, 5.41) is 0. The van der Waals surface area contributed by atoms with E-state index in [1.54, 1.807) is 0 Å². The standard InChI is InChI=1S/C12H17N3O/c1-9(2)14-6-7-15-11(8-14)16-10-4-3-5-13-12(10)15/h3-5,9,11H,6-8H2,1-2H3. The maximum atomic E-state index is 5.91. The van der Waals surface area contributed by atoms with Crippen molar-refractivity contribution in [2.75, 3.05) is 24.5 Å². The van der Waals surface area contributed by atoms with Gasteiger partial charge in [0.15, 0.2) is 17.8 Å². The first-order valence-electron chi connectivity index (χ1n) is 5.88. The van der Waals surface area contributed by atoms with E-state index >= 15 is 0 Å². The van der Waals surface area contributed by atoms with Crippen molar-refractivity contribution in [3.63, 3.8) is 0 Å². The molecule has 16 heavy (non-hydrogen) atoms. The summed E-state index contributed by atoms with van der Waals surface area (Å²) in [6.45, 7) is 7.53. The van der Waals surface area contributed by atoms with Crippen LogP contribution in [0.1, 0.15) is 13.8 Å². The topological polar surface area (TPSA) is 28.6 Å². The van der Waals surface area contributed by atoms with Gasteiger partial charge in [0.2, 0.25) is 0 Å². The molecule has 0 aliphatic carbocycles. The van der Waals surface area contributed by atoms with Gasteiger partial charge in [0.05, 0.1) is 6.54 Å². The summed E-state index contributed by atoms with van der Waals surface area (Å²) in [6.07, 6.45) is 1.99. The second kappa shape index (κ2) is 3.63. The van der Waals surface area contributed by atoms with Gasteiger partial charge in [0, 0.05) is 25.3 Å². The minimum atomic E-state index is 0.154. The third kappa shape index (κ3) is 1.45. The number of pyridine rings is 1. The van der Waals surface area contributed by atoms with E-state index in [2.05, 4.69) is 28.6 Å². The molecule has 1 saturated heterocycles. The number of rotatable bonds is 1. The molecule has 1 fully saturated rings. The summed E-state index contributed by atoms with van der Waals surface area (Å²) in [5.74, 6) is 1.94. The molecule has 0 spiro atoms. The fraction of sp³-hybridized carbons (Fsp3) is 0.583. The molecule has 0 N–H and O–H groups in total. The van der Waals surface area contributed by atoms with Crippen LogP contribution in [-0.2, 0) is 0 Å². The largest absolute Gasteiger partial charge is 0.465 e. The zero-order chi connectivity index (χ0) is 11.1. The highest BCUT2D eigenvalue weighted by molar-refractivity contribution is 5.56. The Bertz CT molecular complexity index is 394. The number of anilines is 1. The fourth-order valence-corrected chi connectivity index (χ4v) is 2.42. The summed E-state index contributed by atoms with van der Waals surface area (Å²) in [4.78, 5) is 9.12. The van der Waals surface area contributed by atoms with Crippen molar-refractivity contribution < 1.29 is 4.74 Å². The average molecular weight is 219 g/mol. The van der Waals surface area contributed by atoms with Crippen LogP contribution < -0.4 is 9.64 Å². The highest BCUT2D eigenvalue weighted by Gasteiger charge is 2.36. The van der Waals surface area contributed by atoms with Gasteiger partial charge in [-0.15, -0.1) is 0 Å². The average Bonchev–Trinajstić information content (AvgIpc) is 2.66. The maximum absolute atomic E-state index is 5.91. The van der Waals surface area contributed by atoms with Crippen molar-refractivity contribution in [2.24, 2.45) is 0 Å². The number of fused-ring (bicyclic) bond motifs is 3. The van der Waals surface area contributed by atoms with E-state index < -0.39 is 0 Å². The number of piperazine rings is 1. The van der Waals surface area contributed by atoms with Gasteiger partial charge in [-0.3, -0.25) is 4.90 Å². The Morgan fingerprint density at radius 3 is 3.12 bits per heavy atom. The van der Waals surface area contributed by atoms with Crippen LogP contribution in [-0.4, -0.2) is 41.8 Å². The number of nitrogens with zero attached hydrogens (tertiary/aromatic N) is 3. The quantitative estimate of drug-likeness (QED) is 0.712. The van der Waals surface area contributed by atoms with E-state index in [0.29, 0.717) is 6.04 Å². The van der Waals surface area contributed by atoms with E-state index in [0.717, 1.165) is 31.2 Å². The van der Waals surface area contributed by atoms with Gasteiger partial charge < -0.3 is 9.64 Å². The molecule has 1 atom stereocenters. The minimum absolute atomic E-state index is 0.154. The van der Waals surface area contributed by atoms with E-state index in [4.69, 9.17) is 4.74 Å². The first kappa shape index (κ1) is 9.90. The van der Waals surface area contributed by atoms with Crippen molar-refractivity contribution in [3.8, 4) is 5.75 Å². The molecule has 4 heteroatoms. The Morgan fingerprint density at radius 2 is 2.31 bits per heavy atom. The molecular formula is C12H17N3O. The molecule has 3 rings (SSSR count). The van der Waals surface area contributed by atoms with Crippen molar-refractivity contribution in [1.82, 2.24) is 9.88 Å². The highest BCUT2D eigenvalue weighted by atomic mass is 16.5. The lowest BCUT2D eigenvalue weighted by molar-refractivity contribution is 0.0972. The maximum Gasteiger partial charge on any atom is 0.186 e. The molecule has 0 bridgehead atoms. The number of hydrogen-bond donors (Lipinski definition) is 0. The summed E-state index contributed by atoms with van der Waals surface area (Å²) in [7, 11) is 0. The Balaban J connectivity index is 1.82. The van der Waals surface area contributed by atoms with Gasteiger partial charge in [-0.25, -0.2) is 4.98 Å². The van der Waals surface area contributed by atoms with Gasteiger partial charge in [-0.2, -0.15) is 0 Å². The van der Waals surface area contributed by atoms with Gasteiger partial charge in [-0.1, -0.05) is 0 Å². The van der Waals surface area contributed by atoms with Crippen LogP contribution in [0.15, 0.2) is 18.3 Å². The molecule has 1 aromatic heterocycles. The number of aromatic nitrogens is 1. The summed E-state index contributed by atoms with van der Waals surface area (Å²) in [6, 6.07) is 4.51. The van der Waals surface area contributed by atoms with Crippen LogP contribution in [0.5, 0.6) is 5.75 Å². The first-order chi connectivity index (χ1) is 7.75. The molecule has 0 aromatic carbocycles. The SMILES string of the molecule is CC(C)N1CCN2c3ncccc3OC2C1. The van der Waals surface area contributed by atoms with Crippen molar-refractivity contribution in [3.05, 3.63) is 18.3 Å². The molecule has 1 unspecified atom stereocenters. The van der Waals surface area contributed by atoms with E-state index in [9.17, 15) is 0 Å². The third-order valence-corrected chi connectivity index (χ3v) is 3.38. The zero-order valence-electron chi connectivity index (χ0n) is 9.76. The normalized spacial score (nSPS) is 24.2. The van der Waals surface area contributed by atoms with Gasteiger partial charge in [0.25, 0.3) is 0 Å². The van der Waals surface area contributed by atoms with Crippen molar-refractivity contribution in [1.29, 1.82) is 0 Å². The smallest absolute Gasteiger partial charge is 0.186 e. The highest BCUT2D eigenvalue weighted by Crippen LogP contribution is 2.36. The monoisotopic (exact) mass is 219 g/mol. The lowest BCUT2D eigenvalue weighted by Gasteiger charge is -2.38. The Kier molecular flexibility index (Phi) is 2.24. The first-order valence-corrected chi connectivity index (χ1v) is 5.88. The lowest BCUT2D eigenvalue weighted by atomic mass is 10.2. The number of hydrogen-bond acceptors (Lipinski definition) is 4. The molecule has 4 nitrogen and oxygen atoms in total. The van der Waals surface area contributed by atoms with Crippen molar-refractivity contribution in [2.45, 2.75) is 26.1 Å². The predicted molar refractivity (Wildman–Crippen MR) is 62.7 cm³/mol. The fourth-order valence-electron chi connectivity index (χ4n) is 2.42. The van der Waals surface area contributed by atoms with E-state index in [1.807, 2.05) is 18.3 Å². The van der Waals surface area contributed by atoms with Crippen LogP contribution in [0.4, 0.5) is 5.82 Å². The van der Waals surface area contributed by atoms with Crippen LogP contribution in [0.3, 0.4) is 0 Å². The molecule has 1 aromatic rings. The van der Waals surface area contributed by atoms with Crippen LogP contribution >= 0.6 is 0 Å². The van der Waals surface area contributed by atoms with E-state index in [-0.39, 0.29) is 6.23 Å². The second-order valence-corrected chi connectivity index (χ2v) is 4.68. The van der Waals surface area contributed by atoms with Gasteiger partial charge in [-0.05, 0) is 26.0 Å². The van der Waals surface area contributed by atoms with E-state index in [1.165, 1.54) is 0 Å². The van der Waals surface area contributed by atoms with Gasteiger partial charge in [0.1, 0.15) is 0 Å². The Hall–Kier alpha value is -1.29. The molecule has 2 aliphatic rings. The van der Waals surface area contributed by atoms with Crippen LogP contribution in [0.25, 0.3) is 0 Å². The summed E-state index contributed by atoms with van der Waals surface area (Å²) >= 11 is 0. The minimum Gasteiger partial charge on any atom is -0.465 e. The summed E-state index contributed by atoms with van der Waals surface area (Å²) < 4.78 is 5.91. The molecule has 86 valence electrons. The molecule has 0 amide bonds. The molecule has 0 radical (unpaired) electrons. The Morgan fingerprint density at radius 1 is 1.44 bits per heavy atom. The Labute approximate surface area is 95.8 Å². The second-order valence-electron chi connectivity index (χ2n) is 4.68. The third-order valence-electron chi connectivity index (χ3n) is 3.38. The van der Waals surface area contributed by atoms with Crippen molar-refractivity contribution >= 4 is 5.82 Å². The van der Waals surface area contributed by atoms with Crippen LogP contribution in [0.2, 0.25) is 0 Å². The molecule has 0 saturated carbocycles. The predicted octanol–water partition coefficient (Wildman–Crippen LogP) is 1.33. The van der Waals surface area contributed by atoms with Gasteiger partial charge >= 0.3 is 0 Å². The number of ether oxygens (including phenoxy) is 1. The molecule has 3 heterocycles. The zero-order valence-corrected chi connectivity index (χ0v) is 9.76. The summed E-state index contributed by atoms with van der Waals surface area (Å²) in [5.41, 5.74) is 0. The molecular weight excluding hydrogens is 202 g/mol. The molecule has 2 aliphatic heterocycles. The lowest BCUT2D eigenvalue weighted by Crippen LogP contribution is -2.55. The van der Waals surface area contributed by atoms with Crippen LogP contribution in [0, 0.1) is 0 Å².